The van der Waals surface area contributed by atoms with Gasteiger partial charge in [-0.15, -0.1) is 0 Å². The van der Waals surface area contributed by atoms with Crippen molar-refractivity contribution in [1.82, 2.24) is 5.32 Å². The van der Waals surface area contributed by atoms with Crippen molar-refractivity contribution in [1.29, 1.82) is 0 Å². The number of carbonyl (C=O) groups excluding carboxylic acids is 3. The number of amides is 4. The average molecular weight is 632 g/mol. The smallest absolute Gasteiger partial charge is 0.335 e. The number of barbiturate groups is 1. The zero-order valence-corrected chi connectivity index (χ0v) is 26.5. The van der Waals surface area contributed by atoms with Crippen molar-refractivity contribution in [2.75, 3.05) is 22.9 Å². The van der Waals surface area contributed by atoms with Crippen LogP contribution in [0, 0.1) is 0 Å². The second-order valence-electron chi connectivity index (χ2n) is 12.3. The van der Waals surface area contributed by atoms with Gasteiger partial charge in [-0.05, 0) is 84.8 Å². The van der Waals surface area contributed by atoms with Crippen molar-refractivity contribution in [2.24, 2.45) is 0 Å². The van der Waals surface area contributed by atoms with Crippen molar-refractivity contribution in [3.8, 4) is 5.75 Å². The number of carbonyl (C=O) groups is 3. The number of benzene rings is 4. The summed E-state index contributed by atoms with van der Waals surface area (Å²) in [5, 5.41) is 2.76. The van der Waals surface area contributed by atoms with E-state index in [9.17, 15) is 14.4 Å². The Morgan fingerprint density at radius 2 is 1.41 bits per heavy atom. The third kappa shape index (κ3) is 5.45. The largest absolute Gasteiger partial charge is 0.489 e. The zero-order chi connectivity index (χ0) is 31.9. The van der Waals surface area contributed by atoms with Gasteiger partial charge < -0.3 is 9.64 Å². The molecule has 3 aliphatic heterocycles. The number of anilines is 2. The van der Waals surface area contributed by atoms with E-state index in [1.54, 1.807) is 18.2 Å². The second kappa shape index (κ2) is 12.1. The molecule has 4 amide bonds. The Hall–Kier alpha value is -4.88. The molecule has 7 rings (SSSR count). The molecule has 0 radical (unpaired) electrons. The summed E-state index contributed by atoms with van der Waals surface area (Å²) in [4.78, 5) is 44.2. The number of nitrogens with one attached hydrogen (secondary N) is 1. The molecule has 0 unspecified atom stereocenters. The third-order valence-corrected chi connectivity index (χ3v) is 9.28. The van der Waals surface area contributed by atoms with Crippen LogP contribution in [-0.2, 0) is 9.59 Å². The Balaban J connectivity index is 1.35. The molecule has 0 aromatic heterocycles. The molecule has 232 valence electrons. The van der Waals surface area contributed by atoms with Crippen LogP contribution in [-0.4, -0.2) is 37.0 Å². The van der Waals surface area contributed by atoms with Crippen LogP contribution in [0.2, 0.25) is 5.02 Å². The highest BCUT2D eigenvalue weighted by atomic mass is 35.5. The van der Waals surface area contributed by atoms with Crippen molar-refractivity contribution < 1.29 is 19.1 Å². The van der Waals surface area contributed by atoms with E-state index in [1.807, 2.05) is 62.4 Å². The summed E-state index contributed by atoms with van der Waals surface area (Å²) in [6.07, 6.45) is 3.23. The zero-order valence-electron chi connectivity index (χ0n) is 25.7. The van der Waals surface area contributed by atoms with Crippen molar-refractivity contribution in [3.05, 3.63) is 129 Å². The van der Waals surface area contributed by atoms with Gasteiger partial charge in [-0.3, -0.25) is 14.9 Å². The Morgan fingerprint density at radius 3 is 1.96 bits per heavy atom. The summed E-state index contributed by atoms with van der Waals surface area (Å²) in [7, 11) is 0. The van der Waals surface area contributed by atoms with E-state index >= 15 is 0 Å². The highest BCUT2D eigenvalue weighted by Gasteiger charge is 2.40. The lowest BCUT2D eigenvalue weighted by atomic mass is 9.76. The second-order valence-corrected chi connectivity index (χ2v) is 12.7. The molecule has 0 aliphatic carbocycles. The van der Waals surface area contributed by atoms with Crippen molar-refractivity contribution in [2.45, 2.75) is 44.6 Å². The number of imide groups is 2. The third-order valence-electron chi connectivity index (χ3n) is 8.99. The number of rotatable bonds is 6. The molecule has 8 heteroatoms. The summed E-state index contributed by atoms with van der Waals surface area (Å²) in [5.41, 5.74) is 6.56. The van der Waals surface area contributed by atoms with E-state index in [0.29, 0.717) is 22.0 Å². The van der Waals surface area contributed by atoms with Crippen molar-refractivity contribution in [3.63, 3.8) is 0 Å². The van der Waals surface area contributed by atoms with Gasteiger partial charge >= 0.3 is 6.03 Å². The van der Waals surface area contributed by atoms with Gasteiger partial charge in [-0.1, -0.05) is 78.3 Å². The fraction of sp³-hybridized carbons (Fsp3) is 0.237. The first-order chi connectivity index (χ1) is 22.3. The van der Waals surface area contributed by atoms with Crippen LogP contribution >= 0.6 is 11.6 Å². The highest BCUT2D eigenvalue weighted by molar-refractivity contribution is 6.39. The maximum atomic E-state index is 14.1. The van der Waals surface area contributed by atoms with E-state index in [0.717, 1.165) is 42.0 Å². The molecule has 3 heterocycles. The summed E-state index contributed by atoms with van der Waals surface area (Å²) >= 11 is 6.45. The van der Waals surface area contributed by atoms with E-state index in [4.69, 9.17) is 16.3 Å². The fourth-order valence-corrected chi connectivity index (χ4v) is 7.22. The highest BCUT2D eigenvalue weighted by Crippen LogP contribution is 2.50. The van der Waals surface area contributed by atoms with Crippen LogP contribution in [0.5, 0.6) is 5.75 Å². The SMILES string of the molecule is CC(C)Oc1ccc(/C=C2\C(=O)NC(=O)N(c3cc4c5c(c3)[C@H](c3ccccc3)CCN5CC[C@@H]4c3ccccc3)C2=O)cc1Cl. The predicted molar refractivity (Wildman–Crippen MR) is 181 cm³/mol. The van der Waals surface area contributed by atoms with Gasteiger partial charge in [0.15, 0.2) is 0 Å². The van der Waals surface area contributed by atoms with Gasteiger partial charge in [0.05, 0.1) is 16.8 Å². The maximum Gasteiger partial charge on any atom is 0.335 e. The lowest BCUT2D eigenvalue weighted by Gasteiger charge is -2.44. The van der Waals surface area contributed by atoms with Crippen LogP contribution in [0.3, 0.4) is 0 Å². The lowest BCUT2D eigenvalue weighted by Crippen LogP contribution is -2.54. The Labute approximate surface area is 273 Å². The van der Waals surface area contributed by atoms with Gasteiger partial charge in [0, 0.05) is 30.6 Å². The van der Waals surface area contributed by atoms with E-state index in [-0.39, 0.29) is 23.5 Å². The fourth-order valence-electron chi connectivity index (χ4n) is 6.98. The number of halogens is 1. The number of hydrogen-bond acceptors (Lipinski definition) is 5. The molecule has 0 bridgehead atoms. The predicted octanol–water partition coefficient (Wildman–Crippen LogP) is 7.67. The molecule has 1 saturated heterocycles. The minimum atomic E-state index is -0.769. The Morgan fingerprint density at radius 1 is 0.826 bits per heavy atom. The van der Waals surface area contributed by atoms with Crippen LogP contribution in [0.25, 0.3) is 6.08 Å². The van der Waals surface area contributed by atoms with Crippen LogP contribution < -0.4 is 19.9 Å². The van der Waals surface area contributed by atoms with Gasteiger partial charge in [0.25, 0.3) is 11.8 Å². The molecule has 46 heavy (non-hydrogen) atoms. The molecule has 1 N–H and O–H groups in total. The number of hydrogen-bond donors (Lipinski definition) is 1. The van der Waals surface area contributed by atoms with Crippen LogP contribution in [0.15, 0.2) is 96.6 Å². The molecule has 1 fully saturated rings. The first-order valence-corrected chi connectivity index (χ1v) is 16.1. The van der Waals surface area contributed by atoms with E-state index in [1.165, 1.54) is 22.9 Å². The normalized spacial score (nSPS) is 20.2. The average Bonchev–Trinajstić information content (AvgIpc) is 3.05. The topological polar surface area (TPSA) is 79.0 Å². The summed E-state index contributed by atoms with van der Waals surface area (Å²) in [6.45, 7) is 5.65. The van der Waals surface area contributed by atoms with E-state index in [2.05, 4.69) is 34.5 Å². The lowest BCUT2D eigenvalue weighted by molar-refractivity contribution is -0.122. The Kier molecular flexibility index (Phi) is 7.87. The van der Waals surface area contributed by atoms with Crippen LogP contribution in [0.4, 0.5) is 16.2 Å². The standard InChI is InChI=1S/C38H34ClN3O4/c1-23(2)46-34-14-13-24(20-33(34)39)19-32-36(43)40-38(45)42(37(32)44)27-21-30-28(25-9-5-3-6-10-25)15-17-41-18-16-29(31(22-27)35(30)41)26-11-7-4-8-12-26/h3-14,19-23,28-29H,15-18H2,1-2H3,(H,40,43,45)/b32-19+/t28-,29+. The van der Waals surface area contributed by atoms with Crippen molar-refractivity contribution >= 4 is 46.9 Å². The van der Waals surface area contributed by atoms with Gasteiger partial charge in [0.2, 0.25) is 0 Å². The summed E-state index contributed by atoms with van der Waals surface area (Å²) in [5.74, 6) is -0.744. The molecule has 0 saturated carbocycles. The summed E-state index contributed by atoms with van der Waals surface area (Å²) < 4.78 is 5.73. The molecule has 4 aromatic carbocycles. The summed E-state index contributed by atoms with van der Waals surface area (Å²) in [6, 6.07) is 29.0. The minimum Gasteiger partial charge on any atom is -0.489 e. The van der Waals surface area contributed by atoms with Gasteiger partial charge in [-0.25, -0.2) is 9.69 Å². The first kappa shape index (κ1) is 29.8. The number of ether oxygens (including phenoxy) is 1. The molecular weight excluding hydrogens is 598 g/mol. The monoisotopic (exact) mass is 631 g/mol. The molecule has 2 atom stereocenters. The molecule has 3 aliphatic rings. The maximum absolute atomic E-state index is 14.1. The van der Waals surface area contributed by atoms with Crippen LogP contribution in [0.1, 0.15) is 66.3 Å². The van der Waals surface area contributed by atoms with Gasteiger partial charge in [-0.2, -0.15) is 0 Å². The molecule has 4 aromatic rings. The van der Waals surface area contributed by atoms with E-state index < -0.39 is 17.8 Å². The van der Waals surface area contributed by atoms with Gasteiger partial charge in [0.1, 0.15) is 11.3 Å². The Bertz CT molecular complexity index is 1800. The molecule has 0 spiro atoms. The molecular formula is C38H34ClN3O4. The first-order valence-electron chi connectivity index (χ1n) is 15.7. The number of urea groups is 1. The minimum absolute atomic E-state index is 0.0659. The quantitative estimate of drug-likeness (QED) is 0.175. The number of nitrogens with zero attached hydrogens (tertiary/aromatic N) is 2. The molecule has 7 nitrogen and oxygen atoms in total.